The topological polar surface area (TPSA) is 58.4 Å². The van der Waals surface area contributed by atoms with Crippen LogP contribution in [0.3, 0.4) is 0 Å². The largest absolute Gasteiger partial charge is 0.342 e. The number of rotatable bonds is 5. The third-order valence-corrected chi connectivity index (χ3v) is 6.37. The van der Waals surface area contributed by atoms with Gasteiger partial charge in [0.1, 0.15) is 6.54 Å². The summed E-state index contributed by atoms with van der Waals surface area (Å²) in [5.41, 5.74) is 1.83. The quantitative estimate of drug-likeness (QED) is 0.742. The Balaban J connectivity index is 1.51. The number of thioether (sulfide) groups is 1. The summed E-state index contributed by atoms with van der Waals surface area (Å²) in [5, 5.41) is 0.758. The van der Waals surface area contributed by atoms with Crippen LogP contribution in [0.15, 0.2) is 29.4 Å². The maximum atomic E-state index is 12.8. The van der Waals surface area contributed by atoms with E-state index < -0.39 is 0 Å². The van der Waals surface area contributed by atoms with Crippen LogP contribution in [0.1, 0.15) is 32.1 Å². The highest BCUT2D eigenvalue weighted by Crippen LogP contribution is 2.25. The van der Waals surface area contributed by atoms with Crippen LogP contribution in [0, 0.1) is 0 Å². The Bertz CT molecular complexity index is 822. The third kappa shape index (κ3) is 4.13. The van der Waals surface area contributed by atoms with Gasteiger partial charge in [0.15, 0.2) is 5.16 Å². The van der Waals surface area contributed by atoms with Gasteiger partial charge in [-0.15, -0.1) is 0 Å². The van der Waals surface area contributed by atoms with E-state index in [2.05, 4.69) is 0 Å². The first-order chi connectivity index (χ1) is 13.2. The summed E-state index contributed by atoms with van der Waals surface area (Å²) in [6, 6.07) is 7.88. The summed E-state index contributed by atoms with van der Waals surface area (Å²) in [6.45, 7) is 3.72. The molecular formula is C20H26N4O2S. The van der Waals surface area contributed by atoms with E-state index in [-0.39, 0.29) is 11.8 Å². The van der Waals surface area contributed by atoms with Crippen molar-refractivity contribution in [3.63, 3.8) is 0 Å². The first-order valence-electron chi connectivity index (χ1n) is 9.86. The highest BCUT2D eigenvalue weighted by atomic mass is 32.2. The van der Waals surface area contributed by atoms with Gasteiger partial charge in [-0.1, -0.05) is 23.9 Å². The Morgan fingerprint density at radius 2 is 1.52 bits per heavy atom. The Labute approximate surface area is 163 Å². The predicted molar refractivity (Wildman–Crippen MR) is 107 cm³/mol. The second kappa shape index (κ2) is 8.33. The lowest BCUT2D eigenvalue weighted by atomic mass is 10.1. The van der Waals surface area contributed by atoms with Crippen LogP contribution in [-0.2, 0) is 16.1 Å². The maximum Gasteiger partial charge on any atom is 0.242 e. The molecule has 2 aliphatic heterocycles. The van der Waals surface area contributed by atoms with Crippen molar-refractivity contribution in [2.24, 2.45) is 0 Å². The number of benzene rings is 1. The second-order valence-corrected chi connectivity index (χ2v) is 8.23. The minimum atomic E-state index is 0.144. The number of hydrogen-bond acceptors (Lipinski definition) is 4. The minimum Gasteiger partial charge on any atom is -0.342 e. The smallest absolute Gasteiger partial charge is 0.242 e. The van der Waals surface area contributed by atoms with Crippen molar-refractivity contribution >= 4 is 34.6 Å². The standard InChI is InChI=1S/C20H26N4O2S/c25-18(22-10-4-1-5-11-22)14-24-17-9-3-2-8-16(17)21-20(24)27-15-19(26)23-12-6-7-13-23/h2-3,8-9H,1,4-7,10-15H2. The molecule has 0 unspecified atom stereocenters. The molecule has 6 nitrogen and oxygen atoms in total. The van der Waals surface area contributed by atoms with Crippen molar-refractivity contribution in [3.05, 3.63) is 24.3 Å². The molecule has 2 fully saturated rings. The molecule has 2 aromatic rings. The van der Waals surface area contributed by atoms with Gasteiger partial charge < -0.3 is 14.4 Å². The molecule has 144 valence electrons. The Morgan fingerprint density at radius 1 is 0.889 bits per heavy atom. The van der Waals surface area contributed by atoms with Crippen molar-refractivity contribution in [3.8, 4) is 0 Å². The number of imidazole rings is 1. The minimum absolute atomic E-state index is 0.144. The highest BCUT2D eigenvalue weighted by molar-refractivity contribution is 7.99. The zero-order valence-corrected chi connectivity index (χ0v) is 16.4. The zero-order valence-electron chi connectivity index (χ0n) is 15.6. The van der Waals surface area contributed by atoms with Gasteiger partial charge in [-0.3, -0.25) is 9.59 Å². The summed E-state index contributed by atoms with van der Waals surface area (Å²) < 4.78 is 1.98. The molecule has 2 amide bonds. The monoisotopic (exact) mass is 386 g/mol. The average molecular weight is 387 g/mol. The molecule has 0 bridgehead atoms. The van der Waals surface area contributed by atoms with Gasteiger partial charge in [0.2, 0.25) is 11.8 Å². The van der Waals surface area contributed by atoms with Crippen LogP contribution in [0.2, 0.25) is 0 Å². The predicted octanol–water partition coefficient (Wildman–Crippen LogP) is 2.76. The highest BCUT2D eigenvalue weighted by Gasteiger charge is 2.22. The van der Waals surface area contributed by atoms with E-state index in [0.29, 0.717) is 12.3 Å². The van der Waals surface area contributed by atoms with E-state index in [9.17, 15) is 9.59 Å². The lowest BCUT2D eigenvalue weighted by Gasteiger charge is -2.27. The first-order valence-corrected chi connectivity index (χ1v) is 10.8. The van der Waals surface area contributed by atoms with Gasteiger partial charge >= 0.3 is 0 Å². The van der Waals surface area contributed by atoms with Crippen molar-refractivity contribution in [2.45, 2.75) is 43.8 Å². The number of aromatic nitrogens is 2. The molecule has 0 N–H and O–H groups in total. The van der Waals surface area contributed by atoms with E-state index in [1.165, 1.54) is 18.2 Å². The van der Waals surface area contributed by atoms with E-state index in [1.807, 2.05) is 38.6 Å². The second-order valence-electron chi connectivity index (χ2n) is 7.29. The van der Waals surface area contributed by atoms with Crippen LogP contribution in [0.25, 0.3) is 11.0 Å². The van der Waals surface area contributed by atoms with Crippen molar-refractivity contribution < 1.29 is 9.59 Å². The van der Waals surface area contributed by atoms with Gasteiger partial charge in [0, 0.05) is 26.2 Å². The van der Waals surface area contributed by atoms with Gasteiger partial charge in [-0.25, -0.2) is 4.98 Å². The third-order valence-electron chi connectivity index (χ3n) is 5.41. The number of carbonyl (C=O) groups excluding carboxylic acids is 2. The van der Waals surface area contributed by atoms with Crippen LogP contribution in [0.4, 0.5) is 0 Å². The number of likely N-dealkylation sites (tertiary alicyclic amines) is 2. The van der Waals surface area contributed by atoms with Crippen molar-refractivity contribution in [2.75, 3.05) is 31.9 Å². The summed E-state index contributed by atoms with van der Waals surface area (Å²) in [7, 11) is 0. The van der Waals surface area contributed by atoms with Gasteiger partial charge in [0.05, 0.1) is 16.8 Å². The maximum absolute atomic E-state index is 12.8. The fourth-order valence-corrected chi connectivity index (χ4v) is 4.80. The number of nitrogens with zero attached hydrogens (tertiary/aromatic N) is 4. The molecular weight excluding hydrogens is 360 g/mol. The van der Waals surface area contributed by atoms with Crippen molar-refractivity contribution in [1.29, 1.82) is 0 Å². The number of hydrogen-bond donors (Lipinski definition) is 0. The van der Waals surface area contributed by atoms with Crippen LogP contribution < -0.4 is 0 Å². The molecule has 0 atom stereocenters. The number of amides is 2. The summed E-state index contributed by atoms with van der Waals surface area (Å²) in [5.74, 6) is 0.686. The lowest BCUT2D eigenvalue weighted by molar-refractivity contribution is -0.132. The van der Waals surface area contributed by atoms with Gasteiger partial charge in [-0.2, -0.15) is 0 Å². The van der Waals surface area contributed by atoms with Crippen LogP contribution >= 0.6 is 11.8 Å². The fourth-order valence-electron chi connectivity index (χ4n) is 3.88. The normalized spacial score (nSPS) is 17.6. The molecule has 0 saturated carbocycles. The van der Waals surface area contributed by atoms with Gasteiger partial charge in [-0.05, 0) is 44.2 Å². The van der Waals surface area contributed by atoms with Crippen molar-refractivity contribution in [1.82, 2.24) is 19.4 Å². The lowest BCUT2D eigenvalue weighted by Crippen LogP contribution is -2.37. The molecule has 3 heterocycles. The molecule has 7 heteroatoms. The Morgan fingerprint density at radius 3 is 2.26 bits per heavy atom. The molecule has 1 aromatic heterocycles. The number of para-hydroxylation sites is 2. The number of fused-ring (bicyclic) bond motifs is 1. The van der Waals surface area contributed by atoms with Crippen LogP contribution in [-0.4, -0.2) is 63.1 Å². The SMILES string of the molecule is O=C(CSc1nc2ccccc2n1CC(=O)N1CCCCC1)N1CCCC1. The summed E-state index contributed by atoms with van der Waals surface area (Å²) in [6.07, 6.45) is 5.57. The number of piperidine rings is 1. The molecule has 2 saturated heterocycles. The van der Waals surface area contributed by atoms with E-state index in [1.54, 1.807) is 0 Å². The van der Waals surface area contributed by atoms with E-state index in [4.69, 9.17) is 4.98 Å². The van der Waals surface area contributed by atoms with E-state index >= 15 is 0 Å². The Hall–Kier alpha value is -2.02. The van der Waals surface area contributed by atoms with Crippen LogP contribution in [0.5, 0.6) is 0 Å². The summed E-state index contributed by atoms with van der Waals surface area (Å²) >= 11 is 1.45. The summed E-state index contributed by atoms with van der Waals surface area (Å²) in [4.78, 5) is 33.8. The number of carbonyl (C=O) groups is 2. The molecule has 1 aromatic carbocycles. The fraction of sp³-hybridized carbons (Fsp3) is 0.550. The average Bonchev–Trinajstić information content (AvgIpc) is 3.36. The molecule has 2 aliphatic rings. The molecule has 27 heavy (non-hydrogen) atoms. The molecule has 0 aliphatic carbocycles. The zero-order chi connectivity index (χ0) is 18.6. The molecule has 0 radical (unpaired) electrons. The van der Waals surface area contributed by atoms with E-state index in [0.717, 1.165) is 68.1 Å². The molecule has 0 spiro atoms. The first kappa shape index (κ1) is 18.3. The molecule has 4 rings (SSSR count). The van der Waals surface area contributed by atoms with Gasteiger partial charge in [0.25, 0.3) is 0 Å². The Kier molecular flexibility index (Phi) is 5.66.